The highest BCUT2D eigenvalue weighted by atomic mass is 35.5. The molecule has 0 radical (unpaired) electrons. The minimum Gasteiger partial charge on any atom is -0.495 e. The average molecular weight is 568 g/mol. The lowest BCUT2D eigenvalue weighted by molar-refractivity contribution is -0.119. The van der Waals surface area contributed by atoms with Gasteiger partial charge in [-0.25, -0.2) is 13.5 Å². The topological polar surface area (TPSA) is 109 Å². The molecule has 10 nitrogen and oxygen atoms in total. The Morgan fingerprint density at radius 1 is 1.10 bits per heavy atom. The number of halogens is 3. The first-order valence-corrected chi connectivity index (χ1v) is 12.6. The molecule has 0 saturated carbocycles. The molecule has 5 rings (SSSR count). The molecule has 2 aromatic carbocycles. The molecule has 206 valence electrons. The van der Waals surface area contributed by atoms with E-state index in [0.29, 0.717) is 33.9 Å². The Kier molecular flexibility index (Phi) is 7.35. The Balaban J connectivity index is 1.52. The summed E-state index contributed by atoms with van der Waals surface area (Å²) in [5.41, 5.74) is 1.49. The number of aromatic nitrogens is 6. The molecule has 1 N–H and O–H groups in total. The lowest BCUT2D eigenvalue weighted by atomic mass is 10.0. The number of benzene rings is 2. The standard InChI is InChI=1S/C27H24ClF2N7O3/c1-4-22(27(39)31-17-6-7-20-15(9-17)12-35(2)33-20)36-14-24(40-3)19(11-25(36)38)18-10-16(28)5-8-23(18)37-13-21(26(29)30)32-34-37/h5-14,22,26H,4H2,1-3H3,(H,31,39)/t22-/m0/s1. The number of alkyl halides is 2. The summed E-state index contributed by atoms with van der Waals surface area (Å²) in [6, 6.07) is 10.5. The van der Waals surface area contributed by atoms with Gasteiger partial charge in [0.25, 0.3) is 12.0 Å². The van der Waals surface area contributed by atoms with E-state index >= 15 is 0 Å². The molecule has 0 aliphatic rings. The molecule has 13 heteroatoms. The van der Waals surface area contributed by atoms with Crippen molar-refractivity contribution in [1.82, 2.24) is 29.3 Å². The van der Waals surface area contributed by atoms with E-state index < -0.39 is 23.7 Å². The molecule has 0 aliphatic carbocycles. The Hall–Kier alpha value is -4.58. The first kappa shape index (κ1) is 27.0. The van der Waals surface area contributed by atoms with Crippen LogP contribution in [0.3, 0.4) is 0 Å². The zero-order chi connectivity index (χ0) is 28.6. The number of nitrogens with one attached hydrogen (secondary N) is 1. The number of hydrogen-bond acceptors (Lipinski definition) is 6. The molecule has 0 bridgehead atoms. The van der Waals surface area contributed by atoms with Gasteiger partial charge in [0.15, 0.2) is 0 Å². The van der Waals surface area contributed by atoms with Crippen molar-refractivity contribution >= 4 is 34.1 Å². The number of fused-ring (bicyclic) bond motifs is 1. The highest BCUT2D eigenvalue weighted by molar-refractivity contribution is 6.31. The van der Waals surface area contributed by atoms with E-state index in [1.54, 1.807) is 41.9 Å². The molecule has 5 aromatic rings. The number of nitrogens with zero attached hydrogens (tertiary/aromatic N) is 6. The first-order chi connectivity index (χ1) is 19.2. The first-order valence-electron chi connectivity index (χ1n) is 12.2. The summed E-state index contributed by atoms with van der Waals surface area (Å²) in [5, 5.41) is 15.7. The average Bonchev–Trinajstić information content (AvgIpc) is 3.56. The second-order valence-corrected chi connectivity index (χ2v) is 9.48. The van der Waals surface area contributed by atoms with Crippen LogP contribution in [0.2, 0.25) is 5.02 Å². The van der Waals surface area contributed by atoms with Crippen LogP contribution in [0.4, 0.5) is 14.5 Å². The van der Waals surface area contributed by atoms with Crippen molar-refractivity contribution in [3.63, 3.8) is 0 Å². The summed E-state index contributed by atoms with van der Waals surface area (Å²) in [6.07, 6.45) is 1.92. The number of carbonyl (C=O) groups excluding carboxylic acids is 1. The van der Waals surface area contributed by atoms with Gasteiger partial charge in [0.1, 0.15) is 17.5 Å². The number of anilines is 1. The van der Waals surface area contributed by atoms with E-state index in [1.165, 1.54) is 28.6 Å². The number of ether oxygens (including phenoxy) is 1. The Morgan fingerprint density at radius 2 is 1.90 bits per heavy atom. The predicted molar refractivity (Wildman–Crippen MR) is 146 cm³/mol. The third-order valence-electron chi connectivity index (χ3n) is 6.41. The smallest absolute Gasteiger partial charge is 0.283 e. The van der Waals surface area contributed by atoms with Crippen LogP contribution in [-0.4, -0.2) is 42.4 Å². The second kappa shape index (κ2) is 10.9. The van der Waals surface area contributed by atoms with Crippen LogP contribution >= 0.6 is 11.6 Å². The molecular weight excluding hydrogens is 544 g/mol. The molecule has 1 atom stereocenters. The fraction of sp³-hybridized carbons (Fsp3) is 0.222. The third-order valence-corrected chi connectivity index (χ3v) is 6.64. The van der Waals surface area contributed by atoms with Crippen LogP contribution in [0.25, 0.3) is 27.7 Å². The van der Waals surface area contributed by atoms with Crippen molar-refractivity contribution in [2.45, 2.75) is 25.8 Å². The largest absolute Gasteiger partial charge is 0.495 e. The van der Waals surface area contributed by atoms with Gasteiger partial charge in [0.2, 0.25) is 5.91 Å². The molecule has 0 unspecified atom stereocenters. The van der Waals surface area contributed by atoms with Crippen LogP contribution in [0.1, 0.15) is 31.5 Å². The number of rotatable bonds is 8. The van der Waals surface area contributed by atoms with E-state index in [1.807, 2.05) is 19.3 Å². The van der Waals surface area contributed by atoms with E-state index in [-0.39, 0.29) is 11.7 Å². The van der Waals surface area contributed by atoms with Crippen molar-refractivity contribution in [3.8, 4) is 22.6 Å². The van der Waals surface area contributed by atoms with E-state index in [0.717, 1.165) is 17.1 Å². The van der Waals surface area contributed by atoms with Crippen molar-refractivity contribution in [3.05, 3.63) is 82.1 Å². The van der Waals surface area contributed by atoms with Gasteiger partial charge in [-0.05, 0) is 42.8 Å². The molecule has 1 amide bonds. The molecule has 40 heavy (non-hydrogen) atoms. The minimum atomic E-state index is -2.80. The van der Waals surface area contributed by atoms with Crippen LogP contribution < -0.4 is 15.6 Å². The number of methoxy groups -OCH3 is 1. The van der Waals surface area contributed by atoms with Gasteiger partial charge in [-0.3, -0.25) is 18.8 Å². The second-order valence-electron chi connectivity index (χ2n) is 9.04. The van der Waals surface area contributed by atoms with Gasteiger partial charge < -0.3 is 10.1 Å². The number of carbonyl (C=O) groups is 1. The zero-order valence-electron chi connectivity index (χ0n) is 21.7. The van der Waals surface area contributed by atoms with Gasteiger partial charge in [0.05, 0.1) is 30.7 Å². The van der Waals surface area contributed by atoms with Crippen molar-refractivity contribution in [1.29, 1.82) is 0 Å². The monoisotopic (exact) mass is 567 g/mol. The lowest BCUT2D eigenvalue weighted by Gasteiger charge is -2.20. The van der Waals surface area contributed by atoms with Crippen molar-refractivity contribution in [2.24, 2.45) is 7.05 Å². The van der Waals surface area contributed by atoms with E-state index in [9.17, 15) is 18.4 Å². The fourth-order valence-electron chi connectivity index (χ4n) is 4.52. The number of pyridine rings is 1. The van der Waals surface area contributed by atoms with Crippen LogP contribution in [0.5, 0.6) is 5.75 Å². The maximum absolute atomic E-state index is 13.4. The molecule has 0 fully saturated rings. The van der Waals surface area contributed by atoms with Crippen molar-refractivity contribution in [2.75, 3.05) is 12.4 Å². The molecule has 0 spiro atoms. The number of hydrogen-bond donors (Lipinski definition) is 1. The molecule has 0 aliphatic heterocycles. The predicted octanol–water partition coefficient (Wildman–Crippen LogP) is 5.17. The van der Waals surface area contributed by atoms with Crippen LogP contribution in [0.15, 0.2) is 65.8 Å². The van der Waals surface area contributed by atoms with Gasteiger partial charge >= 0.3 is 0 Å². The van der Waals surface area contributed by atoms with Crippen LogP contribution in [0, 0.1) is 0 Å². The SMILES string of the molecule is CC[C@@H](C(=O)Nc1ccc2nn(C)cc2c1)n1cc(OC)c(-c2cc(Cl)ccc2-n2cc(C(F)F)nn2)cc1=O. The third kappa shape index (κ3) is 5.17. The summed E-state index contributed by atoms with van der Waals surface area (Å²) in [6.45, 7) is 1.79. The Morgan fingerprint density at radius 3 is 2.60 bits per heavy atom. The molecule has 3 heterocycles. The summed E-state index contributed by atoms with van der Waals surface area (Å²) < 4.78 is 36.1. The Bertz CT molecular complexity index is 1780. The summed E-state index contributed by atoms with van der Waals surface area (Å²) in [4.78, 5) is 26.7. The fourth-order valence-corrected chi connectivity index (χ4v) is 4.70. The summed E-state index contributed by atoms with van der Waals surface area (Å²) in [7, 11) is 3.24. The number of amides is 1. The van der Waals surface area contributed by atoms with Gasteiger partial charge in [-0.2, -0.15) is 5.10 Å². The molecular formula is C27H24ClF2N7O3. The highest BCUT2D eigenvalue weighted by Crippen LogP contribution is 2.35. The normalized spacial score (nSPS) is 12.2. The highest BCUT2D eigenvalue weighted by Gasteiger charge is 2.24. The van der Waals surface area contributed by atoms with Gasteiger partial charge in [-0.15, -0.1) is 5.10 Å². The number of aryl methyl sites for hydroxylation is 1. The molecule has 0 saturated heterocycles. The summed E-state index contributed by atoms with van der Waals surface area (Å²) >= 11 is 6.26. The van der Waals surface area contributed by atoms with Crippen LogP contribution in [-0.2, 0) is 11.8 Å². The quantitative estimate of drug-likeness (QED) is 0.277. The lowest BCUT2D eigenvalue weighted by Crippen LogP contribution is -2.32. The van der Waals surface area contributed by atoms with E-state index in [4.69, 9.17) is 16.3 Å². The van der Waals surface area contributed by atoms with Gasteiger partial charge in [-0.1, -0.05) is 23.7 Å². The van der Waals surface area contributed by atoms with E-state index in [2.05, 4.69) is 20.7 Å². The van der Waals surface area contributed by atoms with Gasteiger partial charge in [0, 0.05) is 46.5 Å². The minimum absolute atomic E-state index is 0.264. The Labute approximate surface area is 231 Å². The van der Waals surface area contributed by atoms with Crippen molar-refractivity contribution < 1.29 is 18.3 Å². The summed E-state index contributed by atoms with van der Waals surface area (Å²) in [5.74, 6) is -0.117. The zero-order valence-corrected chi connectivity index (χ0v) is 22.4. The maximum Gasteiger partial charge on any atom is 0.283 e. The maximum atomic E-state index is 13.4. The molecule has 3 aromatic heterocycles.